The first-order valence-electron chi connectivity index (χ1n) is 8.57. The second-order valence-corrected chi connectivity index (χ2v) is 7.94. The number of aromatic nitrogens is 1. The van der Waals surface area contributed by atoms with E-state index in [1.165, 1.54) is 24.3 Å². The number of nitrogens with two attached hydrogens (primary N) is 1. The molecule has 1 atom stereocenters. The van der Waals surface area contributed by atoms with Gasteiger partial charge in [-0.25, -0.2) is 4.72 Å². The van der Waals surface area contributed by atoms with Crippen LogP contribution in [0, 0.1) is 6.92 Å². The lowest BCUT2D eigenvalue weighted by Crippen LogP contribution is -2.42. The quantitative estimate of drug-likeness (QED) is 0.258. The standard InChI is InChI=1S/C19H16ClF6N3S/c1-10-6-13(20)17(14(27)7-10)30-28-16(19(24,25)26)9-29-8-12(18(21,22)23)11-4-2-3-5-15(11)29/h2-8,16,28H,9,27H2,1H3. The van der Waals surface area contributed by atoms with Crippen molar-refractivity contribution in [2.75, 3.05) is 5.73 Å². The molecule has 0 fully saturated rings. The van der Waals surface area contributed by atoms with Crippen molar-refractivity contribution in [3.8, 4) is 0 Å². The molecule has 3 aromatic rings. The number of rotatable bonds is 5. The minimum Gasteiger partial charge on any atom is -0.398 e. The van der Waals surface area contributed by atoms with Crippen LogP contribution < -0.4 is 10.5 Å². The lowest BCUT2D eigenvalue weighted by molar-refractivity contribution is -0.153. The maximum atomic E-state index is 13.6. The molecule has 1 heterocycles. The first kappa shape index (κ1) is 22.6. The number of para-hydroxylation sites is 1. The Labute approximate surface area is 177 Å². The van der Waals surface area contributed by atoms with Crippen molar-refractivity contribution in [2.45, 2.75) is 36.8 Å². The third-order valence-corrected chi connectivity index (χ3v) is 5.86. The highest BCUT2D eigenvalue weighted by atomic mass is 35.5. The Hall–Kier alpha value is -2.04. The predicted octanol–water partition coefficient (Wildman–Crippen LogP) is 6.43. The van der Waals surface area contributed by atoms with E-state index in [2.05, 4.69) is 4.72 Å². The van der Waals surface area contributed by atoms with Gasteiger partial charge in [0, 0.05) is 29.3 Å². The van der Waals surface area contributed by atoms with Gasteiger partial charge in [0.05, 0.1) is 15.5 Å². The summed E-state index contributed by atoms with van der Waals surface area (Å²) < 4.78 is 84.1. The van der Waals surface area contributed by atoms with Crippen molar-refractivity contribution >= 4 is 40.1 Å². The molecule has 0 bridgehead atoms. The fourth-order valence-corrected chi connectivity index (χ4v) is 4.22. The second kappa shape index (κ2) is 8.24. The zero-order valence-corrected chi connectivity index (χ0v) is 17.0. The van der Waals surface area contributed by atoms with Crippen molar-refractivity contribution < 1.29 is 26.3 Å². The van der Waals surface area contributed by atoms with Crippen molar-refractivity contribution in [1.82, 2.24) is 9.29 Å². The van der Waals surface area contributed by atoms with E-state index in [1.807, 2.05) is 0 Å². The molecule has 2 aromatic carbocycles. The van der Waals surface area contributed by atoms with Gasteiger partial charge in [0.15, 0.2) is 0 Å². The minimum absolute atomic E-state index is 0.0544. The molecule has 11 heteroatoms. The molecule has 0 radical (unpaired) electrons. The predicted molar refractivity (Wildman–Crippen MR) is 106 cm³/mol. The second-order valence-electron chi connectivity index (χ2n) is 6.69. The first-order valence-corrected chi connectivity index (χ1v) is 9.77. The van der Waals surface area contributed by atoms with Gasteiger partial charge in [0.2, 0.25) is 0 Å². The number of anilines is 1. The highest BCUT2D eigenvalue weighted by Gasteiger charge is 2.41. The van der Waals surface area contributed by atoms with Crippen molar-refractivity contribution in [3.63, 3.8) is 0 Å². The summed E-state index contributed by atoms with van der Waals surface area (Å²) in [6, 6.07) is 6.41. The SMILES string of the molecule is Cc1cc(N)c(SNC(Cn2cc(C(F)(F)F)c3ccccc32)C(F)(F)F)c(Cl)c1. The fraction of sp³-hybridized carbons (Fsp3) is 0.263. The van der Waals surface area contributed by atoms with E-state index in [-0.39, 0.29) is 26.5 Å². The molecule has 1 aromatic heterocycles. The zero-order valence-electron chi connectivity index (χ0n) is 15.4. The van der Waals surface area contributed by atoms with Crippen LogP contribution >= 0.6 is 23.5 Å². The van der Waals surface area contributed by atoms with Crippen LogP contribution in [-0.2, 0) is 12.7 Å². The van der Waals surface area contributed by atoms with Crippen LogP contribution in [0.15, 0.2) is 47.5 Å². The van der Waals surface area contributed by atoms with Gasteiger partial charge in [-0.3, -0.25) is 0 Å². The third kappa shape index (κ3) is 4.81. The third-order valence-electron chi connectivity index (χ3n) is 4.39. The van der Waals surface area contributed by atoms with Gasteiger partial charge in [0.1, 0.15) is 6.04 Å². The number of halogens is 7. The van der Waals surface area contributed by atoms with Crippen molar-refractivity contribution in [2.24, 2.45) is 0 Å². The number of aryl methyl sites for hydroxylation is 1. The highest BCUT2D eigenvalue weighted by molar-refractivity contribution is 7.97. The van der Waals surface area contributed by atoms with Crippen LogP contribution in [0.3, 0.4) is 0 Å². The Kier molecular flexibility index (Phi) is 6.22. The summed E-state index contributed by atoms with van der Waals surface area (Å²) in [5.74, 6) is 0. The highest BCUT2D eigenvalue weighted by Crippen LogP contribution is 2.38. The number of nitrogens with one attached hydrogen (secondary N) is 1. The van der Waals surface area contributed by atoms with E-state index in [9.17, 15) is 26.3 Å². The van der Waals surface area contributed by atoms with Gasteiger partial charge in [-0.05, 0) is 42.6 Å². The van der Waals surface area contributed by atoms with Crippen molar-refractivity contribution in [1.29, 1.82) is 0 Å². The molecule has 3 N–H and O–H groups in total. The van der Waals surface area contributed by atoms with Crippen LogP contribution in [0.2, 0.25) is 5.02 Å². The molecule has 1 unspecified atom stereocenters. The van der Waals surface area contributed by atoms with Gasteiger partial charge in [-0.1, -0.05) is 29.8 Å². The fourth-order valence-electron chi connectivity index (χ4n) is 3.02. The number of nitrogens with zero attached hydrogens (tertiary/aromatic N) is 1. The molecule has 0 aliphatic heterocycles. The van der Waals surface area contributed by atoms with Gasteiger partial charge < -0.3 is 10.3 Å². The van der Waals surface area contributed by atoms with Gasteiger partial charge in [-0.2, -0.15) is 26.3 Å². The number of nitrogen functional groups attached to an aromatic ring is 1. The summed E-state index contributed by atoms with van der Waals surface area (Å²) in [6.45, 7) is 0.967. The van der Waals surface area contributed by atoms with E-state index in [0.717, 1.165) is 10.1 Å². The molecule has 0 aliphatic carbocycles. The first-order chi connectivity index (χ1) is 13.9. The van der Waals surface area contributed by atoms with Gasteiger partial charge in [0.25, 0.3) is 0 Å². The molecular weight excluding hydrogens is 452 g/mol. The van der Waals surface area contributed by atoms with Gasteiger partial charge >= 0.3 is 12.4 Å². The summed E-state index contributed by atoms with van der Waals surface area (Å²) in [6.07, 6.45) is -8.73. The largest absolute Gasteiger partial charge is 0.418 e. The summed E-state index contributed by atoms with van der Waals surface area (Å²) in [7, 11) is 0. The number of benzene rings is 2. The molecule has 30 heavy (non-hydrogen) atoms. The summed E-state index contributed by atoms with van der Waals surface area (Å²) in [5.41, 5.74) is 5.85. The van der Waals surface area contributed by atoms with E-state index in [0.29, 0.717) is 18.1 Å². The Morgan fingerprint density at radius 3 is 2.40 bits per heavy atom. The maximum Gasteiger partial charge on any atom is 0.418 e. The smallest absolute Gasteiger partial charge is 0.398 e. The van der Waals surface area contributed by atoms with Crippen LogP contribution in [0.1, 0.15) is 11.1 Å². The summed E-state index contributed by atoms with van der Waals surface area (Å²) >= 11 is 6.66. The van der Waals surface area contributed by atoms with Crippen LogP contribution in [0.5, 0.6) is 0 Å². The van der Waals surface area contributed by atoms with E-state index in [1.54, 1.807) is 19.1 Å². The molecule has 0 saturated carbocycles. The molecule has 3 rings (SSSR count). The zero-order chi connectivity index (χ0) is 22.3. The summed E-state index contributed by atoms with van der Waals surface area (Å²) in [4.78, 5) is 0.213. The monoisotopic (exact) mass is 467 g/mol. The van der Waals surface area contributed by atoms with Crippen LogP contribution in [-0.4, -0.2) is 16.8 Å². The Morgan fingerprint density at radius 2 is 1.80 bits per heavy atom. The van der Waals surface area contributed by atoms with Gasteiger partial charge in [-0.15, -0.1) is 0 Å². The summed E-state index contributed by atoms with van der Waals surface area (Å²) in [5, 5.41) is 0.0149. The molecule has 0 saturated heterocycles. The van der Waals surface area contributed by atoms with Crippen molar-refractivity contribution in [3.05, 3.63) is 58.7 Å². The lowest BCUT2D eigenvalue weighted by Gasteiger charge is -2.23. The Balaban J connectivity index is 1.92. The maximum absolute atomic E-state index is 13.6. The number of hydrogen-bond acceptors (Lipinski definition) is 3. The van der Waals surface area contributed by atoms with E-state index in [4.69, 9.17) is 17.3 Å². The van der Waals surface area contributed by atoms with E-state index < -0.39 is 30.5 Å². The molecular formula is C19H16ClF6N3S. The molecule has 162 valence electrons. The number of fused-ring (bicyclic) bond motifs is 1. The Bertz CT molecular complexity index is 1040. The van der Waals surface area contributed by atoms with Crippen LogP contribution in [0.25, 0.3) is 10.9 Å². The number of alkyl halides is 6. The average molecular weight is 468 g/mol. The Morgan fingerprint density at radius 1 is 1.13 bits per heavy atom. The topological polar surface area (TPSA) is 43.0 Å². The molecule has 0 spiro atoms. The van der Waals surface area contributed by atoms with Crippen LogP contribution in [0.4, 0.5) is 32.0 Å². The van der Waals surface area contributed by atoms with E-state index >= 15 is 0 Å². The molecule has 0 amide bonds. The normalized spacial score (nSPS) is 13.7. The molecule has 3 nitrogen and oxygen atoms in total. The average Bonchev–Trinajstić information content (AvgIpc) is 2.98. The number of hydrogen-bond donors (Lipinski definition) is 2. The lowest BCUT2D eigenvalue weighted by atomic mass is 10.2. The minimum atomic E-state index is -4.73. The molecule has 0 aliphatic rings.